The number of carboxylic acids is 1. The highest BCUT2D eigenvalue weighted by atomic mass is 79.9. The number of nitrogens with zero attached hydrogens (tertiary/aromatic N) is 1. The smallest absolute Gasteiger partial charge is 0.326 e. The monoisotopic (exact) mass is 339 g/mol. The summed E-state index contributed by atoms with van der Waals surface area (Å²) in [6.45, 7) is 4.39. The summed E-state index contributed by atoms with van der Waals surface area (Å²) >= 11 is 3.40. The quantitative estimate of drug-likeness (QED) is 0.900. The summed E-state index contributed by atoms with van der Waals surface area (Å²) in [6, 6.07) is 4.70. The van der Waals surface area contributed by atoms with Crippen LogP contribution in [0.2, 0.25) is 0 Å². The zero-order valence-electron chi connectivity index (χ0n) is 11.6. The van der Waals surface area contributed by atoms with Crippen LogP contribution in [0, 0.1) is 12.8 Å². The van der Waals surface area contributed by atoms with Crippen molar-refractivity contribution in [2.75, 3.05) is 6.54 Å². The van der Waals surface area contributed by atoms with Crippen LogP contribution >= 0.6 is 15.9 Å². The first kappa shape index (κ1) is 15.0. The molecule has 1 aromatic carbocycles. The molecule has 1 heterocycles. The number of benzene rings is 1. The summed E-state index contributed by atoms with van der Waals surface area (Å²) in [5.41, 5.74) is 1.42. The van der Waals surface area contributed by atoms with Crippen LogP contribution in [-0.4, -0.2) is 34.5 Å². The van der Waals surface area contributed by atoms with E-state index in [2.05, 4.69) is 15.9 Å². The van der Waals surface area contributed by atoms with E-state index in [0.717, 1.165) is 16.5 Å². The molecule has 1 aliphatic rings. The molecule has 5 heteroatoms. The molecule has 1 fully saturated rings. The normalized spacial score (nSPS) is 22.6. The summed E-state index contributed by atoms with van der Waals surface area (Å²) < 4.78 is 0.862. The van der Waals surface area contributed by atoms with Gasteiger partial charge in [0.1, 0.15) is 6.04 Å². The van der Waals surface area contributed by atoms with Crippen molar-refractivity contribution in [3.63, 3.8) is 0 Å². The zero-order chi connectivity index (χ0) is 14.9. The largest absolute Gasteiger partial charge is 0.480 e. The minimum absolute atomic E-state index is 0.192. The molecule has 4 nitrogen and oxygen atoms in total. The van der Waals surface area contributed by atoms with Gasteiger partial charge in [-0.25, -0.2) is 4.79 Å². The van der Waals surface area contributed by atoms with Crippen LogP contribution in [0.4, 0.5) is 0 Å². The summed E-state index contributed by atoms with van der Waals surface area (Å²) in [5, 5.41) is 9.34. The maximum absolute atomic E-state index is 12.6. The second-order valence-corrected chi connectivity index (χ2v) is 6.25. The van der Waals surface area contributed by atoms with Crippen molar-refractivity contribution >= 4 is 27.8 Å². The van der Waals surface area contributed by atoms with Crippen LogP contribution in [0.3, 0.4) is 0 Å². The Labute approximate surface area is 126 Å². The number of carboxylic acid groups (broad SMARTS) is 1. The lowest BCUT2D eigenvalue weighted by atomic mass is 9.91. The van der Waals surface area contributed by atoms with Crippen molar-refractivity contribution in [3.8, 4) is 0 Å². The average Bonchev–Trinajstić information content (AvgIpc) is 2.41. The third kappa shape index (κ3) is 2.87. The third-order valence-corrected chi connectivity index (χ3v) is 4.77. The van der Waals surface area contributed by atoms with Gasteiger partial charge < -0.3 is 10.0 Å². The SMILES string of the molecule is Cc1c(Br)cccc1C(=O)N1CCC(C)CC1C(=O)O. The maximum atomic E-state index is 12.6. The van der Waals surface area contributed by atoms with Crippen molar-refractivity contribution in [2.24, 2.45) is 5.92 Å². The van der Waals surface area contributed by atoms with Gasteiger partial charge in [-0.1, -0.05) is 28.9 Å². The molecule has 1 aliphatic heterocycles. The van der Waals surface area contributed by atoms with Gasteiger partial charge in [0.15, 0.2) is 0 Å². The van der Waals surface area contributed by atoms with Gasteiger partial charge in [0, 0.05) is 16.6 Å². The average molecular weight is 340 g/mol. The van der Waals surface area contributed by atoms with E-state index in [1.54, 1.807) is 12.1 Å². The van der Waals surface area contributed by atoms with Crippen LogP contribution < -0.4 is 0 Å². The first-order valence-corrected chi connectivity index (χ1v) is 7.50. The van der Waals surface area contributed by atoms with Gasteiger partial charge in [-0.3, -0.25) is 4.79 Å². The van der Waals surface area contributed by atoms with E-state index in [-0.39, 0.29) is 5.91 Å². The van der Waals surface area contributed by atoms with Crippen molar-refractivity contribution in [1.29, 1.82) is 0 Å². The van der Waals surface area contributed by atoms with E-state index < -0.39 is 12.0 Å². The fraction of sp³-hybridized carbons (Fsp3) is 0.467. The van der Waals surface area contributed by atoms with Gasteiger partial charge in [-0.15, -0.1) is 0 Å². The fourth-order valence-electron chi connectivity index (χ4n) is 2.61. The molecule has 0 aromatic heterocycles. The molecule has 2 atom stereocenters. The molecule has 108 valence electrons. The molecule has 1 N–H and O–H groups in total. The number of rotatable bonds is 2. The standard InChI is InChI=1S/C15H18BrNO3/c1-9-6-7-17(13(8-9)15(19)20)14(18)11-4-3-5-12(16)10(11)2/h3-5,9,13H,6-8H2,1-2H3,(H,19,20). The van der Waals surface area contributed by atoms with Gasteiger partial charge >= 0.3 is 5.97 Å². The van der Waals surface area contributed by atoms with Gasteiger partial charge in [-0.05, 0) is 43.4 Å². The fourth-order valence-corrected chi connectivity index (χ4v) is 2.98. The Morgan fingerprint density at radius 3 is 2.75 bits per heavy atom. The predicted molar refractivity (Wildman–Crippen MR) is 79.7 cm³/mol. The minimum Gasteiger partial charge on any atom is -0.480 e. The van der Waals surface area contributed by atoms with E-state index in [9.17, 15) is 14.7 Å². The predicted octanol–water partition coefficient (Wildman–Crippen LogP) is 3.08. The number of hydrogen-bond acceptors (Lipinski definition) is 2. The minimum atomic E-state index is -0.919. The molecule has 0 spiro atoms. The summed E-state index contributed by atoms with van der Waals surface area (Å²) in [4.78, 5) is 25.5. The van der Waals surface area contributed by atoms with Crippen molar-refractivity contribution in [1.82, 2.24) is 4.90 Å². The van der Waals surface area contributed by atoms with Crippen LogP contribution in [0.1, 0.15) is 35.7 Å². The van der Waals surface area contributed by atoms with E-state index in [0.29, 0.717) is 24.4 Å². The third-order valence-electron chi connectivity index (χ3n) is 3.91. The highest BCUT2D eigenvalue weighted by Gasteiger charge is 2.35. The van der Waals surface area contributed by atoms with Crippen LogP contribution in [0.25, 0.3) is 0 Å². The summed E-state index contributed by atoms with van der Waals surface area (Å²) in [7, 11) is 0. The van der Waals surface area contributed by atoms with Crippen molar-refractivity contribution < 1.29 is 14.7 Å². The highest BCUT2D eigenvalue weighted by Crippen LogP contribution is 2.27. The Hall–Kier alpha value is -1.36. The molecule has 1 aromatic rings. The number of carbonyl (C=O) groups excluding carboxylic acids is 1. The van der Waals surface area contributed by atoms with Crippen LogP contribution in [0.15, 0.2) is 22.7 Å². The molecule has 0 aliphatic carbocycles. The Morgan fingerprint density at radius 1 is 1.40 bits per heavy atom. The van der Waals surface area contributed by atoms with Gasteiger partial charge in [0.25, 0.3) is 5.91 Å². The number of halogens is 1. The number of aliphatic carboxylic acids is 1. The molecule has 0 radical (unpaired) electrons. The molecular weight excluding hydrogens is 322 g/mol. The van der Waals surface area contributed by atoms with Crippen LogP contribution in [0.5, 0.6) is 0 Å². The van der Waals surface area contributed by atoms with Gasteiger partial charge in [-0.2, -0.15) is 0 Å². The summed E-state index contributed by atoms with van der Waals surface area (Å²) in [5.74, 6) is -0.774. The molecule has 0 saturated carbocycles. The van der Waals surface area contributed by atoms with E-state index >= 15 is 0 Å². The molecule has 0 bridgehead atoms. The van der Waals surface area contributed by atoms with Gasteiger partial charge in [0.05, 0.1) is 0 Å². The molecular formula is C15H18BrNO3. The van der Waals surface area contributed by atoms with Crippen LogP contribution in [-0.2, 0) is 4.79 Å². The van der Waals surface area contributed by atoms with Gasteiger partial charge in [0.2, 0.25) is 0 Å². The number of amides is 1. The second kappa shape index (κ2) is 5.95. The lowest BCUT2D eigenvalue weighted by Crippen LogP contribution is -2.49. The van der Waals surface area contributed by atoms with Crippen molar-refractivity contribution in [3.05, 3.63) is 33.8 Å². The topological polar surface area (TPSA) is 57.6 Å². The Kier molecular flexibility index (Phi) is 4.48. The number of likely N-dealkylation sites (tertiary alicyclic amines) is 1. The first-order chi connectivity index (χ1) is 9.41. The van der Waals surface area contributed by atoms with E-state index in [1.165, 1.54) is 4.90 Å². The maximum Gasteiger partial charge on any atom is 0.326 e. The zero-order valence-corrected chi connectivity index (χ0v) is 13.2. The highest BCUT2D eigenvalue weighted by molar-refractivity contribution is 9.10. The number of piperidine rings is 1. The number of hydrogen-bond donors (Lipinski definition) is 1. The lowest BCUT2D eigenvalue weighted by molar-refractivity contribution is -0.144. The van der Waals surface area contributed by atoms with Crippen molar-refractivity contribution in [2.45, 2.75) is 32.7 Å². The lowest BCUT2D eigenvalue weighted by Gasteiger charge is -2.36. The van der Waals surface area contributed by atoms with E-state index in [4.69, 9.17) is 0 Å². The van der Waals surface area contributed by atoms with E-state index in [1.807, 2.05) is 19.9 Å². The molecule has 20 heavy (non-hydrogen) atoms. The summed E-state index contributed by atoms with van der Waals surface area (Å²) in [6.07, 6.45) is 1.37. The Morgan fingerprint density at radius 2 is 2.10 bits per heavy atom. The molecule has 1 amide bonds. The first-order valence-electron chi connectivity index (χ1n) is 6.70. The Balaban J connectivity index is 2.31. The molecule has 2 unspecified atom stereocenters. The number of carbonyl (C=O) groups is 2. The molecule has 1 saturated heterocycles. The molecule has 2 rings (SSSR count). The Bertz CT molecular complexity index is 544. The second-order valence-electron chi connectivity index (χ2n) is 5.39.